The van der Waals surface area contributed by atoms with Crippen LogP contribution >= 0.6 is 0 Å². The number of rotatable bonds is 4. The summed E-state index contributed by atoms with van der Waals surface area (Å²) in [4.78, 5) is 11.7. The van der Waals surface area contributed by atoms with Gasteiger partial charge in [0.05, 0.1) is 12.2 Å². The SMILES string of the molecule is O=C(/C=C(/c1ccccc1)C(F)(F)F)OCC1CC=CCC1. The van der Waals surface area contributed by atoms with Gasteiger partial charge < -0.3 is 4.74 Å². The van der Waals surface area contributed by atoms with Gasteiger partial charge in [-0.1, -0.05) is 42.5 Å². The molecule has 1 aliphatic rings. The van der Waals surface area contributed by atoms with Crippen molar-refractivity contribution < 1.29 is 22.7 Å². The van der Waals surface area contributed by atoms with Crippen LogP contribution < -0.4 is 0 Å². The quantitative estimate of drug-likeness (QED) is 0.464. The van der Waals surface area contributed by atoms with E-state index in [9.17, 15) is 18.0 Å². The maximum absolute atomic E-state index is 13.1. The van der Waals surface area contributed by atoms with Gasteiger partial charge in [-0.05, 0) is 30.7 Å². The smallest absolute Gasteiger partial charge is 0.417 e. The molecule has 1 aliphatic carbocycles. The van der Waals surface area contributed by atoms with E-state index >= 15 is 0 Å². The molecule has 22 heavy (non-hydrogen) atoms. The lowest BCUT2D eigenvalue weighted by atomic mass is 9.95. The summed E-state index contributed by atoms with van der Waals surface area (Å²) >= 11 is 0. The van der Waals surface area contributed by atoms with Crippen LogP contribution in [0.5, 0.6) is 0 Å². The molecule has 0 fully saturated rings. The van der Waals surface area contributed by atoms with Crippen LogP contribution in [0.2, 0.25) is 0 Å². The average molecular weight is 310 g/mol. The van der Waals surface area contributed by atoms with Crippen LogP contribution in [-0.2, 0) is 9.53 Å². The lowest BCUT2D eigenvalue weighted by Crippen LogP contribution is -2.17. The number of esters is 1. The van der Waals surface area contributed by atoms with Gasteiger partial charge in [0.15, 0.2) is 0 Å². The molecule has 0 saturated heterocycles. The van der Waals surface area contributed by atoms with Crippen molar-refractivity contribution in [2.45, 2.75) is 25.4 Å². The molecular formula is C17H17F3O2. The predicted octanol–water partition coefficient (Wildman–Crippen LogP) is 4.53. The third-order valence-corrected chi connectivity index (χ3v) is 3.49. The Morgan fingerprint density at radius 2 is 1.95 bits per heavy atom. The van der Waals surface area contributed by atoms with E-state index in [-0.39, 0.29) is 18.1 Å². The molecule has 118 valence electrons. The maximum atomic E-state index is 13.1. The Morgan fingerprint density at radius 3 is 2.55 bits per heavy atom. The third kappa shape index (κ3) is 4.76. The minimum atomic E-state index is -4.60. The summed E-state index contributed by atoms with van der Waals surface area (Å²) in [7, 11) is 0. The Hall–Kier alpha value is -2.04. The third-order valence-electron chi connectivity index (χ3n) is 3.49. The Kier molecular flexibility index (Phi) is 5.41. The average Bonchev–Trinajstić information content (AvgIpc) is 2.51. The minimum Gasteiger partial charge on any atom is -0.462 e. The first-order valence-corrected chi connectivity index (χ1v) is 7.13. The van der Waals surface area contributed by atoms with Gasteiger partial charge in [0.25, 0.3) is 0 Å². The largest absolute Gasteiger partial charge is 0.462 e. The van der Waals surface area contributed by atoms with E-state index in [0.29, 0.717) is 6.08 Å². The molecule has 0 aromatic heterocycles. The van der Waals surface area contributed by atoms with Crippen LogP contribution in [0.25, 0.3) is 5.57 Å². The second kappa shape index (κ2) is 7.29. The molecule has 0 amide bonds. The molecule has 5 heteroatoms. The normalized spacial score (nSPS) is 19.0. The Labute approximate surface area is 127 Å². The van der Waals surface area contributed by atoms with Crippen LogP contribution in [0.4, 0.5) is 13.2 Å². The molecule has 1 atom stereocenters. The molecule has 0 aliphatic heterocycles. The van der Waals surface area contributed by atoms with Gasteiger partial charge >= 0.3 is 12.1 Å². The highest BCUT2D eigenvalue weighted by molar-refractivity contribution is 5.92. The zero-order valence-electron chi connectivity index (χ0n) is 12.0. The number of alkyl halides is 3. The fourth-order valence-electron chi connectivity index (χ4n) is 2.31. The zero-order valence-corrected chi connectivity index (χ0v) is 12.0. The maximum Gasteiger partial charge on any atom is 0.417 e. The summed E-state index contributed by atoms with van der Waals surface area (Å²) < 4.78 is 44.2. The molecule has 0 N–H and O–H groups in total. The van der Waals surface area contributed by atoms with E-state index < -0.39 is 17.7 Å². The van der Waals surface area contributed by atoms with E-state index in [1.807, 2.05) is 6.08 Å². The number of carbonyl (C=O) groups excluding carboxylic acids is 1. The second-order valence-corrected chi connectivity index (χ2v) is 5.20. The molecule has 0 radical (unpaired) electrons. The van der Waals surface area contributed by atoms with E-state index in [0.717, 1.165) is 19.3 Å². The number of benzene rings is 1. The molecule has 1 aromatic carbocycles. The fraction of sp³-hybridized carbons (Fsp3) is 0.353. The van der Waals surface area contributed by atoms with E-state index in [1.165, 1.54) is 24.3 Å². The summed E-state index contributed by atoms with van der Waals surface area (Å²) in [5, 5.41) is 0. The van der Waals surface area contributed by atoms with Gasteiger partial charge in [-0.3, -0.25) is 0 Å². The molecule has 2 nitrogen and oxygen atoms in total. The number of allylic oxidation sites excluding steroid dienone is 3. The van der Waals surface area contributed by atoms with Gasteiger partial charge in [-0.15, -0.1) is 0 Å². The van der Waals surface area contributed by atoms with Gasteiger partial charge in [-0.2, -0.15) is 13.2 Å². The molecule has 0 heterocycles. The van der Waals surface area contributed by atoms with Crippen LogP contribution in [0.1, 0.15) is 24.8 Å². The van der Waals surface area contributed by atoms with Crippen molar-refractivity contribution in [2.24, 2.45) is 5.92 Å². The first-order chi connectivity index (χ1) is 10.5. The van der Waals surface area contributed by atoms with E-state index in [4.69, 9.17) is 4.74 Å². The van der Waals surface area contributed by atoms with Crippen LogP contribution in [0, 0.1) is 5.92 Å². The fourth-order valence-corrected chi connectivity index (χ4v) is 2.31. The first-order valence-electron chi connectivity index (χ1n) is 7.13. The van der Waals surface area contributed by atoms with Gasteiger partial charge in [-0.25, -0.2) is 4.79 Å². The van der Waals surface area contributed by atoms with Gasteiger partial charge in [0.1, 0.15) is 0 Å². The van der Waals surface area contributed by atoms with Crippen molar-refractivity contribution in [2.75, 3.05) is 6.61 Å². The number of hydrogen-bond acceptors (Lipinski definition) is 2. The minimum absolute atomic E-state index is 0.0486. The number of hydrogen-bond donors (Lipinski definition) is 0. The van der Waals surface area contributed by atoms with E-state index in [1.54, 1.807) is 6.07 Å². The van der Waals surface area contributed by atoms with Crippen LogP contribution in [0.3, 0.4) is 0 Å². The standard InChI is InChI=1S/C17H17F3O2/c18-17(19,20)15(14-9-5-2-6-10-14)11-16(21)22-12-13-7-3-1-4-8-13/h1-3,5-6,9-11,13H,4,7-8,12H2/b15-11-. The lowest BCUT2D eigenvalue weighted by Gasteiger charge is -2.17. The molecule has 0 spiro atoms. The van der Waals surface area contributed by atoms with Crippen molar-refractivity contribution in [1.82, 2.24) is 0 Å². The van der Waals surface area contributed by atoms with Crippen molar-refractivity contribution in [3.8, 4) is 0 Å². The van der Waals surface area contributed by atoms with E-state index in [2.05, 4.69) is 6.08 Å². The highest BCUT2D eigenvalue weighted by Crippen LogP contribution is 2.33. The monoisotopic (exact) mass is 310 g/mol. The van der Waals surface area contributed by atoms with Gasteiger partial charge in [0, 0.05) is 6.08 Å². The van der Waals surface area contributed by atoms with Crippen molar-refractivity contribution >= 4 is 11.5 Å². The Morgan fingerprint density at radius 1 is 1.23 bits per heavy atom. The topological polar surface area (TPSA) is 26.3 Å². The molecular weight excluding hydrogens is 293 g/mol. The molecule has 0 bridgehead atoms. The van der Waals surface area contributed by atoms with Gasteiger partial charge in [0.2, 0.25) is 0 Å². The van der Waals surface area contributed by atoms with Crippen LogP contribution in [-0.4, -0.2) is 18.8 Å². The highest BCUT2D eigenvalue weighted by Gasteiger charge is 2.35. The summed E-state index contributed by atoms with van der Waals surface area (Å²) in [5.41, 5.74) is -1.03. The van der Waals surface area contributed by atoms with Crippen LogP contribution in [0.15, 0.2) is 48.6 Å². The summed E-state index contributed by atoms with van der Waals surface area (Å²) in [6.07, 6.45) is 2.58. The second-order valence-electron chi connectivity index (χ2n) is 5.20. The molecule has 2 rings (SSSR count). The van der Waals surface area contributed by atoms with Crippen molar-refractivity contribution in [3.63, 3.8) is 0 Å². The lowest BCUT2D eigenvalue weighted by molar-refractivity contribution is -0.139. The summed E-state index contributed by atoms with van der Waals surface area (Å²) in [6, 6.07) is 7.24. The first kappa shape index (κ1) is 16.3. The van der Waals surface area contributed by atoms with Crippen molar-refractivity contribution in [1.29, 1.82) is 0 Å². The Bertz CT molecular complexity index is 559. The van der Waals surface area contributed by atoms with Crippen molar-refractivity contribution in [3.05, 3.63) is 54.1 Å². The summed E-state index contributed by atoms with van der Waals surface area (Å²) in [5.74, 6) is -0.765. The zero-order chi connectivity index (χ0) is 16.0. The predicted molar refractivity (Wildman–Crippen MR) is 77.9 cm³/mol. The number of ether oxygens (including phenoxy) is 1. The summed E-state index contributed by atoms with van der Waals surface area (Å²) in [6.45, 7) is 0.152. The number of halogens is 3. The molecule has 1 unspecified atom stereocenters. The number of carbonyl (C=O) groups is 1. The molecule has 0 saturated carbocycles. The Balaban J connectivity index is 2.05. The highest BCUT2D eigenvalue weighted by atomic mass is 19.4. The molecule has 1 aromatic rings.